The number of aromatic nitrogens is 1. The molecular weight excluding hydrogens is 347 g/mol. The fraction of sp³-hybridized carbons (Fsp3) is 0. The Balaban J connectivity index is 1.83. The third-order valence-electron chi connectivity index (χ3n) is 2.80. The topological polar surface area (TPSA) is 24.9 Å². The Labute approximate surface area is 141 Å². The predicted octanol–water partition coefficient (Wildman–Crippen LogP) is 6.51. The first-order valence-corrected chi connectivity index (χ1v) is 8.07. The molecular formula is C15H9Cl3N2S. The van der Waals surface area contributed by atoms with E-state index in [1.807, 2.05) is 35.7 Å². The van der Waals surface area contributed by atoms with E-state index in [-0.39, 0.29) is 0 Å². The summed E-state index contributed by atoms with van der Waals surface area (Å²) >= 11 is 19.4. The van der Waals surface area contributed by atoms with Crippen molar-refractivity contribution in [3.63, 3.8) is 0 Å². The van der Waals surface area contributed by atoms with Crippen LogP contribution in [0.1, 0.15) is 0 Å². The molecule has 1 aromatic heterocycles. The third-order valence-corrected chi connectivity index (χ3v) is 4.53. The molecule has 0 radical (unpaired) electrons. The molecule has 0 saturated carbocycles. The van der Waals surface area contributed by atoms with Crippen LogP contribution in [0, 0.1) is 0 Å². The maximum absolute atomic E-state index is 6.00. The lowest BCUT2D eigenvalue weighted by atomic mass is 10.2. The molecule has 0 saturated heterocycles. The van der Waals surface area contributed by atoms with Gasteiger partial charge in [-0.25, -0.2) is 4.98 Å². The highest BCUT2D eigenvalue weighted by atomic mass is 35.5. The van der Waals surface area contributed by atoms with Crippen molar-refractivity contribution >= 4 is 57.0 Å². The molecule has 0 unspecified atom stereocenters. The number of thiazole rings is 1. The highest BCUT2D eigenvalue weighted by molar-refractivity contribution is 7.14. The predicted molar refractivity (Wildman–Crippen MR) is 92.3 cm³/mol. The number of nitrogens with zero attached hydrogens (tertiary/aromatic N) is 1. The van der Waals surface area contributed by atoms with Crippen molar-refractivity contribution in [2.24, 2.45) is 0 Å². The molecule has 3 rings (SSSR count). The lowest BCUT2D eigenvalue weighted by Crippen LogP contribution is -1.89. The minimum atomic E-state index is 0.508. The van der Waals surface area contributed by atoms with E-state index in [1.165, 1.54) is 11.3 Å². The summed E-state index contributed by atoms with van der Waals surface area (Å²) in [5.41, 5.74) is 2.71. The van der Waals surface area contributed by atoms with E-state index in [4.69, 9.17) is 34.8 Å². The number of benzene rings is 2. The van der Waals surface area contributed by atoms with Crippen molar-refractivity contribution in [1.29, 1.82) is 0 Å². The lowest BCUT2D eigenvalue weighted by Gasteiger charge is -2.03. The Kier molecular flexibility index (Phi) is 4.36. The van der Waals surface area contributed by atoms with Gasteiger partial charge in [-0.1, -0.05) is 46.9 Å². The molecule has 21 heavy (non-hydrogen) atoms. The molecule has 0 fully saturated rings. The number of rotatable bonds is 3. The largest absolute Gasteiger partial charge is 0.331 e. The second kappa shape index (κ2) is 6.24. The number of hydrogen-bond donors (Lipinski definition) is 1. The van der Waals surface area contributed by atoms with Crippen LogP contribution >= 0.6 is 46.1 Å². The Morgan fingerprint density at radius 2 is 1.81 bits per heavy atom. The van der Waals surface area contributed by atoms with Crippen LogP contribution in [0.3, 0.4) is 0 Å². The van der Waals surface area contributed by atoms with Gasteiger partial charge < -0.3 is 5.32 Å². The molecule has 0 spiro atoms. The normalized spacial score (nSPS) is 10.6. The number of nitrogens with one attached hydrogen (secondary N) is 1. The van der Waals surface area contributed by atoms with Crippen molar-refractivity contribution in [3.8, 4) is 11.3 Å². The van der Waals surface area contributed by atoms with E-state index in [0.717, 1.165) is 22.1 Å². The van der Waals surface area contributed by atoms with Gasteiger partial charge in [-0.3, -0.25) is 0 Å². The number of anilines is 2. The van der Waals surface area contributed by atoms with Crippen LogP contribution in [0.5, 0.6) is 0 Å². The summed E-state index contributed by atoms with van der Waals surface area (Å²) in [4.78, 5) is 4.54. The Morgan fingerprint density at radius 1 is 0.952 bits per heavy atom. The van der Waals surface area contributed by atoms with Crippen LogP contribution in [0.4, 0.5) is 10.8 Å². The first kappa shape index (κ1) is 14.7. The zero-order chi connectivity index (χ0) is 14.8. The second-order valence-electron chi connectivity index (χ2n) is 4.30. The summed E-state index contributed by atoms with van der Waals surface area (Å²) in [6.07, 6.45) is 0. The van der Waals surface area contributed by atoms with Crippen LogP contribution in [-0.4, -0.2) is 4.98 Å². The first-order chi connectivity index (χ1) is 10.1. The molecule has 3 aromatic rings. The highest BCUT2D eigenvalue weighted by Crippen LogP contribution is 2.30. The van der Waals surface area contributed by atoms with Gasteiger partial charge in [-0.2, -0.15) is 0 Å². The van der Waals surface area contributed by atoms with E-state index in [9.17, 15) is 0 Å². The summed E-state index contributed by atoms with van der Waals surface area (Å²) in [7, 11) is 0. The van der Waals surface area contributed by atoms with Crippen LogP contribution < -0.4 is 5.32 Å². The van der Waals surface area contributed by atoms with Gasteiger partial charge in [0.15, 0.2) is 5.13 Å². The molecule has 6 heteroatoms. The van der Waals surface area contributed by atoms with Crippen molar-refractivity contribution in [2.75, 3.05) is 5.32 Å². The van der Waals surface area contributed by atoms with Gasteiger partial charge in [0, 0.05) is 21.7 Å². The van der Waals surface area contributed by atoms with E-state index in [2.05, 4.69) is 10.3 Å². The van der Waals surface area contributed by atoms with Gasteiger partial charge in [0.1, 0.15) is 0 Å². The molecule has 0 aliphatic carbocycles. The minimum Gasteiger partial charge on any atom is -0.331 e. The van der Waals surface area contributed by atoms with Gasteiger partial charge in [0.05, 0.1) is 15.7 Å². The maximum Gasteiger partial charge on any atom is 0.187 e. The highest BCUT2D eigenvalue weighted by Gasteiger charge is 2.06. The fourth-order valence-electron chi connectivity index (χ4n) is 1.81. The number of halogens is 3. The van der Waals surface area contributed by atoms with Crippen LogP contribution in [0.25, 0.3) is 11.3 Å². The molecule has 0 amide bonds. The van der Waals surface area contributed by atoms with Crippen molar-refractivity contribution in [3.05, 3.63) is 62.9 Å². The molecule has 2 aromatic carbocycles. The molecule has 2 nitrogen and oxygen atoms in total. The zero-order valence-electron chi connectivity index (χ0n) is 10.6. The summed E-state index contributed by atoms with van der Waals surface area (Å²) in [6.45, 7) is 0. The van der Waals surface area contributed by atoms with E-state index in [0.29, 0.717) is 15.1 Å². The van der Waals surface area contributed by atoms with Crippen LogP contribution in [0.2, 0.25) is 15.1 Å². The average Bonchev–Trinajstić information content (AvgIpc) is 2.91. The molecule has 106 valence electrons. The average molecular weight is 356 g/mol. The van der Waals surface area contributed by atoms with Gasteiger partial charge in [-0.15, -0.1) is 11.3 Å². The van der Waals surface area contributed by atoms with Crippen LogP contribution in [-0.2, 0) is 0 Å². The van der Waals surface area contributed by atoms with E-state index in [1.54, 1.807) is 12.1 Å². The summed E-state index contributed by atoms with van der Waals surface area (Å²) in [5.74, 6) is 0. The molecule has 0 aliphatic rings. The second-order valence-corrected chi connectivity index (χ2v) is 6.41. The van der Waals surface area contributed by atoms with Gasteiger partial charge in [0.2, 0.25) is 0 Å². The lowest BCUT2D eigenvalue weighted by molar-refractivity contribution is 1.38. The van der Waals surface area contributed by atoms with Crippen molar-refractivity contribution in [1.82, 2.24) is 4.98 Å². The van der Waals surface area contributed by atoms with Gasteiger partial charge >= 0.3 is 0 Å². The summed E-state index contributed by atoms with van der Waals surface area (Å²) < 4.78 is 0. The standard InChI is InChI=1S/C15H9Cl3N2S/c16-10-3-1-2-9(6-10)14-8-21-15(20-14)19-11-4-5-12(17)13(18)7-11/h1-8H,(H,19,20). The Bertz CT molecular complexity index is 786. The van der Waals surface area contributed by atoms with Crippen LogP contribution in [0.15, 0.2) is 47.8 Å². The molecule has 1 heterocycles. The van der Waals surface area contributed by atoms with E-state index < -0.39 is 0 Å². The van der Waals surface area contributed by atoms with Crippen molar-refractivity contribution in [2.45, 2.75) is 0 Å². The minimum absolute atomic E-state index is 0.508. The molecule has 0 atom stereocenters. The van der Waals surface area contributed by atoms with Gasteiger partial charge in [0.25, 0.3) is 0 Å². The summed E-state index contributed by atoms with van der Waals surface area (Å²) in [6, 6.07) is 13.0. The SMILES string of the molecule is Clc1cccc(-c2csc(Nc3ccc(Cl)c(Cl)c3)n2)c1. The fourth-order valence-corrected chi connectivity index (χ4v) is 3.04. The number of hydrogen-bond acceptors (Lipinski definition) is 3. The molecule has 0 bridgehead atoms. The first-order valence-electron chi connectivity index (χ1n) is 6.05. The van der Waals surface area contributed by atoms with Gasteiger partial charge in [-0.05, 0) is 30.3 Å². The zero-order valence-corrected chi connectivity index (χ0v) is 13.7. The molecule has 1 N–H and O–H groups in total. The molecule has 0 aliphatic heterocycles. The monoisotopic (exact) mass is 354 g/mol. The van der Waals surface area contributed by atoms with Crippen molar-refractivity contribution < 1.29 is 0 Å². The maximum atomic E-state index is 6.00. The quantitative estimate of drug-likeness (QED) is 0.579. The Hall–Kier alpha value is -1.26. The third kappa shape index (κ3) is 3.50. The smallest absolute Gasteiger partial charge is 0.187 e. The van der Waals surface area contributed by atoms with E-state index >= 15 is 0 Å². The Morgan fingerprint density at radius 3 is 2.57 bits per heavy atom. The summed E-state index contributed by atoms with van der Waals surface area (Å²) in [5, 5.41) is 7.70.